The van der Waals surface area contributed by atoms with Crippen molar-refractivity contribution < 1.29 is 9.59 Å². The Morgan fingerprint density at radius 2 is 1.74 bits per heavy atom. The Bertz CT molecular complexity index is 932. The van der Waals surface area contributed by atoms with E-state index in [-0.39, 0.29) is 5.41 Å². The Labute approximate surface area is 156 Å². The molecule has 3 aromatic rings. The molecule has 4 rings (SSSR count). The zero-order chi connectivity index (χ0) is 18.7. The van der Waals surface area contributed by atoms with Crippen molar-refractivity contribution in [2.45, 2.75) is 18.3 Å². The molecule has 2 amide bonds. The summed E-state index contributed by atoms with van der Waals surface area (Å²) in [5.74, 6) is -1.30. The molecule has 1 heterocycles. The van der Waals surface area contributed by atoms with Crippen molar-refractivity contribution in [2.75, 3.05) is 11.9 Å². The van der Waals surface area contributed by atoms with Crippen LogP contribution in [-0.2, 0) is 15.0 Å². The first-order chi connectivity index (χ1) is 13.2. The highest BCUT2D eigenvalue weighted by Crippen LogP contribution is 2.47. The highest BCUT2D eigenvalue weighted by Gasteiger charge is 2.44. The molecule has 1 fully saturated rings. The van der Waals surface area contributed by atoms with Gasteiger partial charge in [0.2, 0.25) is 0 Å². The van der Waals surface area contributed by atoms with Gasteiger partial charge in [0.15, 0.2) is 0 Å². The number of carbonyl (C=O) groups excluding carboxylic acids is 2. The van der Waals surface area contributed by atoms with Crippen molar-refractivity contribution in [1.29, 1.82) is 0 Å². The van der Waals surface area contributed by atoms with Crippen LogP contribution in [0.25, 0.3) is 5.69 Å². The fraction of sp³-hybridized carbons (Fsp3) is 0.200. The van der Waals surface area contributed by atoms with Gasteiger partial charge in [-0.3, -0.25) is 9.59 Å². The van der Waals surface area contributed by atoms with Crippen molar-refractivity contribution in [3.63, 3.8) is 0 Å². The molecule has 0 unspecified atom stereocenters. The van der Waals surface area contributed by atoms with Gasteiger partial charge in [-0.2, -0.15) is 5.10 Å². The van der Waals surface area contributed by atoms with Crippen LogP contribution in [-0.4, -0.2) is 33.1 Å². The Hall–Kier alpha value is -3.48. The van der Waals surface area contributed by atoms with Gasteiger partial charge in [-0.1, -0.05) is 30.3 Å². The minimum atomic E-state index is -0.674. The van der Waals surface area contributed by atoms with E-state index in [9.17, 15) is 9.59 Å². The normalized spacial score (nSPS) is 14.4. The molecule has 2 aromatic carbocycles. The van der Waals surface area contributed by atoms with Crippen LogP contribution in [0.4, 0.5) is 5.69 Å². The molecule has 0 spiro atoms. The predicted molar refractivity (Wildman–Crippen MR) is 100 cm³/mol. The number of amides is 2. The summed E-state index contributed by atoms with van der Waals surface area (Å²) in [5.41, 5.74) is 2.53. The molecule has 1 aliphatic rings. The Morgan fingerprint density at radius 1 is 1.00 bits per heavy atom. The van der Waals surface area contributed by atoms with Crippen LogP contribution in [0, 0.1) is 0 Å². The highest BCUT2D eigenvalue weighted by atomic mass is 16.2. The quantitative estimate of drug-likeness (QED) is 0.681. The van der Waals surface area contributed by atoms with E-state index in [4.69, 9.17) is 0 Å². The second-order valence-corrected chi connectivity index (χ2v) is 6.67. The second-order valence-electron chi connectivity index (χ2n) is 6.67. The second kappa shape index (κ2) is 7.03. The minimum absolute atomic E-state index is 0.0311. The molecule has 1 aliphatic carbocycles. The minimum Gasteiger partial charge on any atom is -0.347 e. The number of benzene rings is 2. The summed E-state index contributed by atoms with van der Waals surface area (Å²) in [7, 11) is 0. The van der Waals surface area contributed by atoms with Gasteiger partial charge in [0.1, 0.15) is 12.7 Å². The maximum atomic E-state index is 12.2. The first kappa shape index (κ1) is 17.0. The fourth-order valence-corrected chi connectivity index (χ4v) is 3.07. The summed E-state index contributed by atoms with van der Waals surface area (Å²) in [5, 5.41) is 9.42. The molecule has 0 bridgehead atoms. The van der Waals surface area contributed by atoms with Crippen LogP contribution in [0.15, 0.2) is 67.3 Å². The van der Waals surface area contributed by atoms with E-state index in [0.29, 0.717) is 12.2 Å². The SMILES string of the molecule is O=C(NCC1(c2ccccc2)CC1)C(=O)Nc1ccc(-n2cncn2)cc1. The average Bonchev–Trinajstić information content (AvgIpc) is 3.31. The van der Waals surface area contributed by atoms with E-state index in [2.05, 4.69) is 32.8 Å². The van der Waals surface area contributed by atoms with Crippen LogP contribution < -0.4 is 10.6 Å². The molecule has 0 atom stereocenters. The summed E-state index contributed by atoms with van der Waals surface area (Å²) < 4.78 is 1.61. The van der Waals surface area contributed by atoms with Gasteiger partial charge >= 0.3 is 11.8 Å². The van der Waals surface area contributed by atoms with Crippen molar-refractivity contribution >= 4 is 17.5 Å². The summed E-state index contributed by atoms with van der Waals surface area (Å²) in [4.78, 5) is 28.2. The lowest BCUT2D eigenvalue weighted by molar-refractivity contribution is -0.136. The van der Waals surface area contributed by atoms with Crippen molar-refractivity contribution in [2.24, 2.45) is 0 Å². The lowest BCUT2D eigenvalue weighted by Gasteiger charge is -2.16. The Morgan fingerprint density at radius 3 is 2.37 bits per heavy atom. The van der Waals surface area contributed by atoms with Crippen molar-refractivity contribution in [3.8, 4) is 5.69 Å². The zero-order valence-electron chi connectivity index (χ0n) is 14.6. The number of anilines is 1. The molecular formula is C20H19N5O2. The third-order valence-electron chi connectivity index (χ3n) is 4.84. The maximum Gasteiger partial charge on any atom is 0.313 e. The van der Waals surface area contributed by atoms with E-state index in [0.717, 1.165) is 18.5 Å². The van der Waals surface area contributed by atoms with Gasteiger partial charge in [0, 0.05) is 17.6 Å². The number of nitrogens with one attached hydrogen (secondary N) is 2. The van der Waals surface area contributed by atoms with Gasteiger partial charge < -0.3 is 10.6 Å². The lowest BCUT2D eigenvalue weighted by Crippen LogP contribution is -2.39. The van der Waals surface area contributed by atoms with E-state index in [1.54, 1.807) is 35.3 Å². The molecule has 7 nitrogen and oxygen atoms in total. The molecule has 1 saturated carbocycles. The largest absolute Gasteiger partial charge is 0.347 e. The molecule has 2 N–H and O–H groups in total. The fourth-order valence-electron chi connectivity index (χ4n) is 3.07. The van der Waals surface area contributed by atoms with Gasteiger partial charge in [0.25, 0.3) is 0 Å². The van der Waals surface area contributed by atoms with Crippen LogP contribution in [0.2, 0.25) is 0 Å². The lowest BCUT2D eigenvalue weighted by atomic mass is 9.96. The van der Waals surface area contributed by atoms with Crippen molar-refractivity contribution in [3.05, 3.63) is 72.8 Å². The zero-order valence-corrected chi connectivity index (χ0v) is 14.6. The standard InChI is InChI=1S/C20H19N5O2/c26-18(22-12-20(10-11-20)15-4-2-1-3-5-15)19(27)24-16-6-8-17(9-7-16)25-14-21-13-23-25/h1-9,13-14H,10-12H2,(H,22,26)(H,24,27). The third-order valence-corrected chi connectivity index (χ3v) is 4.84. The average molecular weight is 361 g/mol. The highest BCUT2D eigenvalue weighted by molar-refractivity contribution is 6.39. The Balaban J connectivity index is 1.33. The number of hydrogen-bond donors (Lipinski definition) is 2. The number of carbonyl (C=O) groups is 2. The van der Waals surface area contributed by atoms with Crippen LogP contribution in [0.3, 0.4) is 0 Å². The summed E-state index contributed by atoms with van der Waals surface area (Å²) >= 11 is 0. The molecule has 1 aromatic heterocycles. The molecule has 136 valence electrons. The Kier molecular flexibility index (Phi) is 4.42. The first-order valence-electron chi connectivity index (χ1n) is 8.76. The number of hydrogen-bond acceptors (Lipinski definition) is 4. The van der Waals surface area contributed by atoms with Crippen LogP contribution >= 0.6 is 0 Å². The first-order valence-corrected chi connectivity index (χ1v) is 8.76. The predicted octanol–water partition coefficient (Wildman–Crippen LogP) is 2.05. The number of aromatic nitrogens is 3. The molecule has 0 aliphatic heterocycles. The number of rotatable bonds is 5. The van der Waals surface area contributed by atoms with Gasteiger partial charge in [-0.25, -0.2) is 9.67 Å². The molecule has 0 saturated heterocycles. The topological polar surface area (TPSA) is 88.9 Å². The monoisotopic (exact) mass is 361 g/mol. The van der Waals surface area contributed by atoms with Gasteiger partial charge in [0.05, 0.1) is 5.69 Å². The molecular weight excluding hydrogens is 342 g/mol. The van der Waals surface area contributed by atoms with Gasteiger partial charge in [-0.05, 0) is 42.7 Å². The van der Waals surface area contributed by atoms with Crippen molar-refractivity contribution in [1.82, 2.24) is 20.1 Å². The van der Waals surface area contributed by atoms with E-state index in [1.165, 1.54) is 11.9 Å². The number of nitrogens with zero attached hydrogens (tertiary/aromatic N) is 3. The van der Waals surface area contributed by atoms with E-state index in [1.807, 2.05) is 18.2 Å². The third kappa shape index (κ3) is 3.72. The van der Waals surface area contributed by atoms with Crippen LogP contribution in [0.1, 0.15) is 18.4 Å². The maximum absolute atomic E-state index is 12.2. The summed E-state index contributed by atoms with van der Waals surface area (Å²) in [6, 6.07) is 17.1. The molecule has 7 heteroatoms. The summed E-state index contributed by atoms with van der Waals surface area (Å²) in [6.45, 7) is 0.467. The van der Waals surface area contributed by atoms with E-state index < -0.39 is 11.8 Å². The smallest absolute Gasteiger partial charge is 0.313 e. The molecule has 27 heavy (non-hydrogen) atoms. The molecule has 0 radical (unpaired) electrons. The van der Waals surface area contributed by atoms with Gasteiger partial charge in [-0.15, -0.1) is 0 Å². The summed E-state index contributed by atoms with van der Waals surface area (Å²) in [6.07, 6.45) is 5.06. The van der Waals surface area contributed by atoms with E-state index >= 15 is 0 Å². The van der Waals surface area contributed by atoms with Crippen LogP contribution in [0.5, 0.6) is 0 Å².